The third-order valence-corrected chi connectivity index (χ3v) is 6.86. The quantitative estimate of drug-likeness (QED) is 0.696. The molecule has 30 heavy (non-hydrogen) atoms. The number of ether oxygens (including phenoxy) is 1. The lowest BCUT2D eigenvalue weighted by Gasteiger charge is -2.29. The van der Waals surface area contributed by atoms with Crippen molar-refractivity contribution < 1.29 is 23.9 Å². The van der Waals surface area contributed by atoms with Crippen LogP contribution in [0.3, 0.4) is 0 Å². The Hall–Kier alpha value is -2.90. The molecule has 0 bridgehead atoms. The largest absolute Gasteiger partial charge is 0.449 e. The standard InChI is InChI=1S/C22H25N3O5/c26-18-6-5-17(19(27)24-18)25-11-14-2-1-13(9-16(14)20(25)28)10-23-21(29)30-12-22(7-8-22)15-3-4-15/h1-2,9,15,17H,3-8,10-12H2,(H,23,29)(H,24,26,27). The second-order valence-electron chi connectivity index (χ2n) is 8.96. The number of carbonyl (C=O) groups excluding carboxylic acids is 4. The zero-order chi connectivity index (χ0) is 20.9. The third kappa shape index (κ3) is 3.55. The molecule has 0 aromatic heterocycles. The fraction of sp³-hybridized carbons (Fsp3) is 0.545. The number of nitrogens with zero attached hydrogens (tertiary/aromatic N) is 1. The molecule has 1 unspecified atom stereocenters. The Kier molecular flexibility index (Phi) is 4.52. The number of benzene rings is 1. The molecule has 4 amide bonds. The first-order valence-electron chi connectivity index (χ1n) is 10.6. The second kappa shape index (κ2) is 7.11. The average molecular weight is 411 g/mol. The molecule has 1 aromatic carbocycles. The van der Waals surface area contributed by atoms with Crippen LogP contribution < -0.4 is 10.6 Å². The normalized spacial score (nSPS) is 24.3. The Morgan fingerprint density at radius 1 is 1.20 bits per heavy atom. The van der Waals surface area contributed by atoms with Crippen LogP contribution in [0.1, 0.15) is 60.0 Å². The molecular formula is C22H25N3O5. The summed E-state index contributed by atoms with van der Waals surface area (Å²) in [5.74, 6) is -0.202. The average Bonchev–Trinajstić information content (AvgIpc) is 3.63. The Labute approximate surface area is 174 Å². The minimum atomic E-state index is -0.625. The SMILES string of the molecule is O=C1CCC(N2Cc3ccc(CNC(=O)OCC4(C5CC5)CC4)cc3C2=O)C(=O)N1. The minimum Gasteiger partial charge on any atom is -0.449 e. The Bertz CT molecular complexity index is 935. The topological polar surface area (TPSA) is 105 Å². The molecule has 8 nitrogen and oxygen atoms in total. The van der Waals surface area contributed by atoms with Gasteiger partial charge in [-0.2, -0.15) is 0 Å². The molecule has 3 fully saturated rings. The highest BCUT2D eigenvalue weighted by atomic mass is 16.5. The van der Waals surface area contributed by atoms with Crippen LogP contribution in [0, 0.1) is 11.3 Å². The van der Waals surface area contributed by atoms with E-state index >= 15 is 0 Å². The Balaban J connectivity index is 1.17. The molecule has 0 radical (unpaired) electrons. The van der Waals surface area contributed by atoms with Crippen molar-refractivity contribution in [1.29, 1.82) is 0 Å². The van der Waals surface area contributed by atoms with E-state index in [0.717, 1.165) is 29.9 Å². The lowest BCUT2D eigenvalue weighted by molar-refractivity contribution is -0.136. The molecule has 8 heteroatoms. The molecule has 2 heterocycles. The van der Waals surface area contributed by atoms with Crippen LogP contribution in [-0.4, -0.2) is 41.4 Å². The molecular weight excluding hydrogens is 386 g/mol. The summed E-state index contributed by atoms with van der Waals surface area (Å²) < 4.78 is 5.43. The van der Waals surface area contributed by atoms with E-state index in [0.29, 0.717) is 25.1 Å². The number of alkyl carbamates (subject to hydrolysis) is 1. The van der Waals surface area contributed by atoms with E-state index in [-0.39, 0.29) is 30.2 Å². The van der Waals surface area contributed by atoms with E-state index in [2.05, 4.69) is 10.6 Å². The first-order chi connectivity index (χ1) is 14.4. The maximum absolute atomic E-state index is 12.9. The third-order valence-electron chi connectivity index (χ3n) is 6.86. The number of carbonyl (C=O) groups is 4. The molecule has 0 spiro atoms. The van der Waals surface area contributed by atoms with Crippen LogP contribution in [0.2, 0.25) is 0 Å². The van der Waals surface area contributed by atoms with E-state index in [1.807, 2.05) is 12.1 Å². The van der Waals surface area contributed by atoms with Gasteiger partial charge in [0.05, 0.1) is 6.61 Å². The smallest absolute Gasteiger partial charge is 0.407 e. The van der Waals surface area contributed by atoms with Crippen LogP contribution in [0.4, 0.5) is 4.79 Å². The van der Waals surface area contributed by atoms with Gasteiger partial charge in [-0.1, -0.05) is 12.1 Å². The van der Waals surface area contributed by atoms with E-state index in [9.17, 15) is 19.2 Å². The monoisotopic (exact) mass is 411 g/mol. The molecule has 4 aliphatic rings. The van der Waals surface area contributed by atoms with Crippen LogP contribution in [-0.2, 0) is 27.4 Å². The summed E-state index contributed by atoms with van der Waals surface area (Å²) >= 11 is 0. The summed E-state index contributed by atoms with van der Waals surface area (Å²) in [4.78, 5) is 49.9. The Morgan fingerprint density at radius 3 is 2.70 bits per heavy atom. The van der Waals surface area contributed by atoms with Gasteiger partial charge in [0.2, 0.25) is 11.8 Å². The van der Waals surface area contributed by atoms with Crippen LogP contribution >= 0.6 is 0 Å². The van der Waals surface area contributed by atoms with Gasteiger partial charge in [-0.05, 0) is 55.2 Å². The predicted molar refractivity (Wildman–Crippen MR) is 105 cm³/mol. The molecule has 2 aliphatic carbocycles. The zero-order valence-electron chi connectivity index (χ0n) is 16.7. The lowest BCUT2D eigenvalue weighted by atomic mass is 10.0. The summed E-state index contributed by atoms with van der Waals surface area (Å²) in [6, 6.07) is 4.86. The zero-order valence-corrected chi connectivity index (χ0v) is 16.7. The van der Waals surface area contributed by atoms with Gasteiger partial charge in [-0.25, -0.2) is 4.79 Å². The molecule has 2 saturated carbocycles. The molecule has 2 N–H and O–H groups in total. The van der Waals surface area contributed by atoms with E-state index in [4.69, 9.17) is 4.74 Å². The number of hydrogen-bond acceptors (Lipinski definition) is 5. The van der Waals surface area contributed by atoms with E-state index in [1.165, 1.54) is 17.7 Å². The fourth-order valence-corrected chi connectivity index (χ4v) is 4.67. The lowest BCUT2D eigenvalue weighted by Crippen LogP contribution is -2.52. The first-order valence-corrected chi connectivity index (χ1v) is 10.6. The van der Waals surface area contributed by atoms with Crippen LogP contribution in [0.5, 0.6) is 0 Å². The number of amides is 4. The highest BCUT2D eigenvalue weighted by Crippen LogP contribution is 2.61. The van der Waals surface area contributed by atoms with E-state index in [1.54, 1.807) is 6.07 Å². The molecule has 158 valence electrons. The van der Waals surface area contributed by atoms with Crippen molar-refractivity contribution in [1.82, 2.24) is 15.5 Å². The van der Waals surface area contributed by atoms with Gasteiger partial charge in [-0.15, -0.1) is 0 Å². The number of hydrogen-bond donors (Lipinski definition) is 2. The second-order valence-corrected chi connectivity index (χ2v) is 8.96. The highest BCUT2D eigenvalue weighted by molar-refractivity contribution is 6.05. The number of piperidine rings is 1. The first kappa shape index (κ1) is 19.1. The fourth-order valence-electron chi connectivity index (χ4n) is 4.67. The van der Waals surface area contributed by atoms with Crippen molar-refractivity contribution in [3.05, 3.63) is 34.9 Å². The van der Waals surface area contributed by atoms with Crippen molar-refractivity contribution in [3.8, 4) is 0 Å². The van der Waals surface area contributed by atoms with Crippen molar-refractivity contribution in [2.75, 3.05) is 6.61 Å². The molecule has 2 aliphatic heterocycles. The van der Waals surface area contributed by atoms with Crippen molar-refractivity contribution in [2.24, 2.45) is 11.3 Å². The number of rotatable bonds is 6. The molecule has 5 rings (SSSR count). The minimum absolute atomic E-state index is 0.218. The van der Waals surface area contributed by atoms with E-state index < -0.39 is 18.0 Å². The van der Waals surface area contributed by atoms with Crippen molar-refractivity contribution >= 4 is 23.8 Å². The Morgan fingerprint density at radius 2 is 2.00 bits per heavy atom. The summed E-state index contributed by atoms with van der Waals surface area (Å²) in [5, 5.41) is 5.07. The summed E-state index contributed by atoms with van der Waals surface area (Å²) in [6.45, 7) is 1.11. The van der Waals surface area contributed by atoms with Gasteiger partial charge in [0.15, 0.2) is 0 Å². The summed E-state index contributed by atoms with van der Waals surface area (Å²) in [7, 11) is 0. The van der Waals surface area contributed by atoms with Gasteiger partial charge in [0.25, 0.3) is 5.91 Å². The van der Waals surface area contributed by atoms with Crippen molar-refractivity contribution in [3.63, 3.8) is 0 Å². The van der Waals surface area contributed by atoms with Crippen molar-refractivity contribution in [2.45, 2.75) is 57.7 Å². The number of fused-ring (bicyclic) bond motifs is 1. The number of nitrogens with one attached hydrogen (secondary N) is 2. The highest BCUT2D eigenvalue weighted by Gasteiger charge is 2.54. The maximum atomic E-state index is 12.9. The van der Waals surface area contributed by atoms with Gasteiger partial charge in [0.1, 0.15) is 6.04 Å². The maximum Gasteiger partial charge on any atom is 0.407 e. The predicted octanol–water partition coefficient (Wildman–Crippen LogP) is 1.86. The molecule has 1 aromatic rings. The van der Waals surface area contributed by atoms with Gasteiger partial charge in [-0.3, -0.25) is 19.7 Å². The summed E-state index contributed by atoms with van der Waals surface area (Å²) in [5.41, 5.74) is 2.43. The van der Waals surface area contributed by atoms with Gasteiger partial charge < -0.3 is 15.0 Å². The molecule has 1 atom stereocenters. The molecule has 1 saturated heterocycles. The van der Waals surface area contributed by atoms with Gasteiger partial charge in [0, 0.05) is 30.5 Å². The van der Waals surface area contributed by atoms with Crippen LogP contribution in [0.15, 0.2) is 18.2 Å². The summed E-state index contributed by atoms with van der Waals surface area (Å²) in [6.07, 6.45) is 4.96. The van der Waals surface area contributed by atoms with Gasteiger partial charge >= 0.3 is 6.09 Å². The number of imide groups is 1. The van der Waals surface area contributed by atoms with Crippen LogP contribution in [0.25, 0.3) is 0 Å².